The first-order valence-electron chi connectivity index (χ1n) is 6.21. The number of amides is 1. The Bertz CT molecular complexity index is 689. The number of halogens is 5. The maximum absolute atomic E-state index is 13.5. The van der Waals surface area contributed by atoms with Crippen molar-refractivity contribution in [3.63, 3.8) is 0 Å². The zero-order chi connectivity index (χ0) is 16.4. The molecule has 0 unspecified atom stereocenters. The molecule has 116 valence electrons. The van der Waals surface area contributed by atoms with Crippen LogP contribution in [0.1, 0.15) is 18.4 Å². The van der Waals surface area contributed by atoms with E-state index in [2.05, 4.69) is 0 Å². The van der Waals surface area contributed by atoms with E-state index in [0.29, 0.717) is 5.56 Å². The van der Waals surface area contributed by atoms with Crippen molar-refractivity contribution in [2.75, 3.05) is 5.32 Å². The van der Waals surface area contributed by atoms with Crippen molar-refractivity contribution >= 4 is 11.6 Å². The summed E-state index contributed by atoms with van der Waals surface area (Å²) in [5.74, 6) is -12.4. The molecule has 0 fully saturated rings. The van der Waals surface area contributed by atoms with Crippen LogP contribution in [0.15, 0.2) is 30.3 Å². The predicted molar refractivity (Wildman–Crippen MR) is 69.7 cm³/mol. The Labute approximate surface area is 122 Å². The van der Waals surface area contributed by atoms with Crippen molar-refractivity contribution in [2.24, 2.45) is 0 Å². The summed E-state index contributed by atoms with van der Waals surface area (Å²) in [6.07, 6.45) is 0. The standard InChI is InChI=1S/C15H10F5NO/c1-7(8-5-3-2-4-6-8)15(22)21-14-12(19)10(17)9(16)11(18)13(14)20/h2-7H,1H3,(H,21,22)/t7-/m0/s1. The third kappa shape index (κ3) is 2.79. The van der Waals surface area contributed by atoms with Crippen molar-refractivity contribution in [3.8, 4) is 0 Å². The number of carbonyl (C=O) groups is 1. The zero-order valence-electron chi connectivity index (χ0n) is 11.3. The van der Waals surface area contributed by atoms with Gasteiger partial charge in [-0.3, -0.25) is 4.79 Å². The lowest BCUT2D eigenvalue weighted by molar-refractivity contribution is -0.117. The molecule has 0 aliphatic carbocycles. The second kappa shape index (κ2) is 6.13. The second-order valence-corrected chi connectivity index (χ2v) is 4.57. The van der Waals surface area contributed by atoms with E-state index < -0.39 is 46.6 Å². The fraction of sp³-hybridized carbons (Fsp3) is 0.133. The van der Waals surface area contributed by atoms with Gasteiger partial charge >= 0.3 is 0 Å². The largest absolute Gasteiger partial charge is 0.320 e. The minimum absolute atomic E-state index is 0.531. The van der Waals surface area contributed by atoms with Crippen LogP contribution in [0.2, 0.25) is 0 Å². The minimum atomic E-state index is -2.27. The van der Waals surface area contributed by atoms with Crippen LogP contribution < -0.4 is 5.32 Å². The molecule has 2 aromatic rings. The highest BCUT2D eigenvalue weighted by atomic mass is 19.2. The van der Waals surface area contributed by atoms with E-state index in [1.165, 1.54) is 6.92 Å². The first kappa shape index (κ1) is 15.9. The van der Waals surface area contributed by atoms with Crippen LogP contribution in [0.25, 0.3) is 0 Å². The Morgan fingerprint density at radius 1 is 0.864 bits per heavy atom. The predicted octanol–water partition coefficient (Wildman–Crippen LogP) is 4.12. The average Bonchev–Trinajstić information content (AvgIpc) is 2.55. The van der Waals surface area contributed by atoms with Crippen molar-refractivity contribution in [2.45, 2.75) is 12.8 Å². The molecule has 0 aliphatic rings. The molecule has 0 radical (unpaired) electrons. The molecule has 1 atom stereocenters. The van der Waals surface area contributed by atoms with E-state index in [4.69, 9.17) is 0 Å². The van der Waals surface area contributed by atoms with Crippen LogP contribution >= 0.6 is 0 Å². The molecule has 0 aromatic heterocycles. The number of anilines is 1. The molecular formula is C15H10F5NO. The van der Waals surface area contributed by atoms with E-state index in [1.54, 1.807) is 35.6 Å². The van der Waals surface area contributed by atoms with Crippen LogP contribution in [0.3, 0.4) is 0 Å². The lowest BCUT2D eigenvalue weighted by atomic mass is 10.0. The van der Waals surface area contributed by atoms with Crippen LogP contribution in [0, 0.1) is 29.1 Å². The normalized spacial score (nSPS) is 12.1. The zero-order valence-corrected chi connectivity index (χ0v) is 11.3. The molecule has 0 saturated carbocycles. The summed E-state index contributed by atoms with van der Waals surface area (Å²) in [5, 5.41) is 1.75. The molecule has 0 aliphatic heterocycles. The Morgan fingerprint density at radius 2 is 1.32 bits per heavy atom. The van der Waals surface area contributed by atoms with E-state index in [1.807, 2.05) is 0 Å². The van der Waals surface area contributed by atoms with Gasteiger partial charge in [-0.25, -0.2) is 22.0 Å². The Hall–Kier alpha value is -2.44. The smallest absolute Gasteiger partial charge is 0.231 e. The molecule has 22 heavy (non-hydrogen) atoms. The third-order valence-electron chi connectivity index (χ3n) is 3.15. The van der Waals surface area contributed by atoms with Crippen LogP contribution in [-0.4, -0.2) is 5.91 Å². The van der Waals surface area contributed by atoms with Gasteiger partial charge in [-0.15, -0.1) is 0 Å². The van der Waals surface area contributed by atoms with E-state index in [-0.39, 0.29) is 0 Å². The molecule has 0 bridgehead atoms. The van der Waals surface area contributed by atoms with Gasteiger partial charge in [-0.05, 0) is 12.5 Å². The lowest BCUT2D eigenvalue weighted by Gasteiger charge is -2.14. The first-order valence-corrected chi connectivity index (χ1v) is 6.21. The minimum Gasteiger partial charge on any atom is -0.320 e. The second-order valence-electron chi connectivity index (χ2n) is 4.57. The van der Waals surface area contributed by atoms with Crippen molar-refractivity contribution in [3.05, 3.63) is 65.0 Å². The number of hydrogen-bond acceptors (Lipinski definition) is 1. The molecule has 1 amide bonds. The Balaban J connectivity index is 2.34. The van der Waals surface area contributed by atoms with Crippen molar-refractivity contribution in [1.29, 1.82) is 0 Å². The van der Waals surface area contributed by atoms with Gasteiger partial charge in [0, 0.05) is 0 Å². The van der Waals surface area contributed by atoms with Gasteiger partial charge in [0.15, 0.2) is 23.3 Å². The van der Waals surface area contributed by atoms with Crippen LogP contribution in [0.5, 0.6) is 0 Å². The number of carbonyl (C=O) groups excluding carboxylic acids is 1. The molecule has 0 saturated heterocycles. The van der Waals surface area contributed by atoms with E-state index >= 15 is 0 Å². The van der Waals surface area contributed by atoms with E-state index in [0.717, 1.165) is 0 Å². The average molecular weight is 315 g/mol. The summed E-state index contributed by atoms with van der Waals surface area (Å²) in [4.78, 5) is 11.9. The fourth-order valence-electron chi connectivity index (χ4n) is 1.84. The van der Waals surface area contributed by atoms with Crippen molar-refractivity contribution in [1.82, 2.24) is 0 Å². The maximum atomic E-state index is 13.5. The van der Waals surface area contributed by atoms with Gasteiger partial charge in [0.25, 0.3) is 0 Å². The molecule has 1 N–H and O–H groups in total. The molecule has 2 rings (SSSR count). The van der Waals surface area contributed by atoms with Gasteiger partial charge in [0.05, 0.1) is 5.92 Å². The molecule has 7 heteroatoms. The molecule has 0 spiro atoms. The SMILES string of the molecule is C[C@H](C(=O)Nc1c(F)c(F)c(F)c(F)c1F)c1ccccc1. The fourth-order valence-corrected chi connectivity index (χ4v) is 1.84. The molecule has 2 aromatic carbocycles. The summed E-state index contributed by atoms with van der Waals surface area (Å²) in [7, 11) is 0. The summed E-state index contributed by atoms with van der Waals surface area (Å²) in [5.41, 5.74) is -0.826. The highest BCUT2D eigenvalue weighted by Gasteiger charge is 2.28. The van der Waals surface area contributed by atoms with Crippen LogP contribution in [0.4, 0.5) is 27.6 Å². The number of benzene rings is 2. The maximum Gasteiger partial charge on any atom is 0.231 e. The number of hydrogen-bond donors (Lipinski definition) is 1. The highest BCUT2D eigenvalue weighted by molar-refractivity contribution is 5.95. The Kier molecular flexibility index (Phi) is 4.44. The van der Waals surface area contributed by atoms with Gasteiger partial charge < -0.3 is 5.32 Å². The first-order chi connectivity index (χ1) is 10.3. The quantitative estimate of drug-likeness (QED) is 0.515. The monoisotopic (exact) mass is 315 g/mol. The molecule has 2 nitrogen and oxygen atoms in total. The lowest BCUT2D eigenvalue weighted by Crippen LogP contribution is -2.21. The Morgan fingerprint density at radius 3 is 1.82 bits per heavy atom. The third-order valence-corrected chi connectivity index (χ3v) is 3.15. The van der Waals surface area contributed by atoms with Crippen LogP contribution in [-0.2, 0) is 4.79 Å². The van der Waals surface area contributed by atoms with E-state index in [9.17, 15) is 26.7 Å². The van der Waals surface area contributed by atoms with Gasteiger partial charge in [-0.1, -0.05) is 30.3 Å². The van der Waals surface area contributed by atoms with Gasteiger partial charge in [0.2, 0.25) is 11.7 Å². The van der Waals surface area contributed by atoms with Crippen molar-refractivity contribution < 1.29 is 26.7 Å². The summed E-state index contributed by atoms with van der Waals surface area (Å²) < 4.78 is 66.0. The number of rotatable bonds is 3. The van der Waals surface area contributed by atoms with Gasteiger partial charge in [0.1, 0.15) is 5.69 Å². The highest BCUT2D eigenvalue weighted by Crippen LogP contribution is 2.28. The molecular weight excluding hydrogens is 305 g/mol. The molecule has 0 heterocycles. The van der Waals surface area contributed by atoms with Gasteiger partial charge in [-0.2, -0.15) is 0 Å². The summed E-state index contributed by atoms with van der Waals surface area (Å²) in [6.45, 7) is 1.44. The number of nitrogens with one attached hydrogen (secondary N) is 1. The summed E-state index contributed by atoms with van der Waals surface area (Å²) >= 11 is 0. The summed E-state index contributed by atoms with van der Waals surface area (Å²) in [6, 6.07) is 8.21. The topological polar surface area (TPSA) is 29.1 Å².